The van der Waals surface area contributed by atoms with Gasteiger partial charge in [0.15, 0.2) is 6.10 Å². The highest BCUT2D eigenvalue weighted by molar-refractivity contribution is 6.31. The Balaban J connectivity index is 1.87. The van der Waals surface area contributed by atoms with Gasteiger partial charge in [-0.15, -0.1) is 0 Å². The number of carbonyl (C=O) groups is 1. The number of halogens is 1. The summed E-state index contributed by atoms with van der Waals surface area (Å²) in [6.45, 7) is 4.41. The van der Waals surface area contributed by atoms with Gasteiger partial charge >= 0.3 is 0 Å². The minimum absolute atomic E-state index is 0.0354. The highest BCUT2D eigenvalue weighted by atomic mass is 35.5. The Morgan fingerprint density at radius 1 is 1.27 bits per heavy atom. The fourth-order valence-electron chi connectivity index (χ4n) is 3.70. The molecule has 0 aromatic heterocycles. The summed E-state index contributed by atoms with van der Waals surface area (Å²) in [4.78, 5) is 12.7. The van der Waals surface area contributed by atoms with Crippen LogP contribution in [0.4, 0.5) is 0 Å². The van der Waals surface area contributed by atoms with Crippen LogP contribution in [0.25, 0.3) is 0 Å². The molecule has 1 aromatic rings. The molecule has 1 aliphatic rings. The van der Waals surface area contributed by atoms with Crippen molar-refractivity contribution in [3.63, 3.8) is 0 Å². The third kappa shape index (κ3) is 6.90. The first-order valence-corrected chi connectivity index (χ1v) is 10.3. The maximum Gasteiger partial charge on any atom is 0.250 e. The molecule has 5 heteroatoms. The smallest absolute Gasteiger partial charge is 0.250 e. The van der Waals surface area contributed by atoms with Gasteiger partial charge < -0.3 is 15.8 Å². The van der Waals surface area contributed by atoms with Gasteiger partial charge in [0.1, 0.15) is 0 Å². The lowest BCUT2D eigenvalue weighted by Crippen LogP contribution is -2.50. The second kappa shape index (κ2) is 10.9. The van der Waals surface area contributed by atoms with Gasteiger partial charge in [-0.3, -0.25) is 4.79 Å². The standard InChI is InChI=1S/C21H33ClN2O2/c1-15(2)26-20(19(23)14-16-8-4-3-5-9-16)21(25)24-13-12-17-10-6-7-11-18(17)22/h6-7,10-11,15-16,19-20H,3-5,8-9,12-14,23H2,1-2H3,(H,24,25)/t19-,20?/m1/s1. The molecular weight excluding hydrogens is 348 g/mol. The minimum atomic E-state index is -0.594. The number of nitrogens with two attached hydrogens (primary N) is 1. The first-order valence-electron chi connectivity index (χ1n) is 9.89. The number of carbonyl (C=O) groups excluding carboxylic acids is 1. The lowest BCUT2D eigenvalue weighted by molar-refractivity contribution is -0.137. The number of amides is 1. The van der Waals surface area contributed by atoms with Crippen LogP contribution >= 0.6 is 11.6 Å². The third-order valence-electron chi connectivity index (χ3n) is 5.05. The van der Waals surface area contributed by atoms with Gasteiger partial charge in [-0.05, 0) is 44.2 Å². The van der Waals surface area contributed by atoms with E-state index in [-0.39, 0.29) is 18.1 Å². The van der Waals surface area contributed by atoms with E-state index in [4.69, 9.17) is 22.1 Å². The van der Waals surface area contributed by atoms with Crippen molar-refractivity contribution in [1.82, 2.24) is 5.32 Å². The molecular formula is C21H33ClN2O2. The Morgan fingerprint density at radius 2 is 1.96 bits per heavy atom. The first kappa shape index (κ1) is 21.2. The molecule has 146 valence electrons. The molecule has 0 bridgehead atoms. The number of nitrogens with one attached hydrogen (secondary N) is 1. The molecule has 1 fully saturated rings. The molecule has 2 rings (SSSR count). The predicted molar refractivity (Wildman–Crippen MR) is 107 cm³/mol. The normalized spacial score (nSPS) is 17.9. The van der Waals surface area contributed by atoms with E-state index in [0.717, 1.165) is 17.0 Å². The highest BCUT2D eigenvalue weighted by Gasteiger charge is 2.29. The van der Waals surface area contributed by atoms with E-state index in [1.54, 1.807) is 0 Å². The van der Waals surface area contributed by atoms with Crippen molar-refractivity contribution in [3.05, 3.63) is 34.9 Å². The van der Waals surface area contributed by atoms with Crippen molar-refractivity contribution in [1.29, 1.82) is 0 Å². The van der Waals surface area contributed by atoms with Crippen molar-refractivity contribution in [2.75, 3.05) is 6.54 Å². The summed E-state index contributed by atoms with van der Waals surface area (Å²) in [6, 6.07) is 7.44. The second-order valence-electron chi connectivity index (χ2n) is 7.64. The SMILES string of the molecule is CC(C)OC(C(=O)NCCc1ccccc1Cl)[C@H](N)CC1CCCCC1. The van der Waals surface area contributed by atoms with E-state index in [2.05, 4.69) is 5.32 Å². The monoisotopic (exact) mass is 380 g/mol. The summed E-state index contributed by atoms with van der Waals surface area (Å²) in [7, 11) is 0. The number of hydrogen-bond donors (Lipinski definition) is 2. The van der Waals surface area contributed by atoms with Crippen LogP contribution in [0.15, 0.2) is 24.3 Å². The Morgan fingerprint density at radius 3 is 2.62 bits per heavy atom. The van der Waals surface area contributed by atoms with Crippen LogP contribution in [0.2, 0.25) is 5.02 Å². The van der Waals surface area contributed by atoms with E-state index in [9.17, 15) is 4.79 Å². The van der Waals surface area contributed by atoms with E-state index in [0.29, 0.717) is 18.9 Å². The fraction of sp³-hybridized carbons (Fsp3) is 0.667. The average Bonchev–Trinajstić information content (AvgIpc) is 2.62. The molecule has 1 amide bonds. The van der Waals surface area contributed by atoms with Gasteiger partial charge in [0.2, 0.25) is 0 Å². The Hall–Kier alpha value is -1.10. The number of benzene rings is 1. The number of hydrogen-bond acceptors (Lipinski definition) is 3. The molecule has 1 aliphatic carbocycles. The van der Waals surface area contributed by atoms with Crippen LogP contribution in [-0.2, 0) is 16.0 Å². The molecule has 1 unspecified atom stereocenters. The third-order valence-corrected chi connectivity index (χ3v) is 5.42. The molecule has 0 spiro atoms. The van der Waals surface area contributed by atoms with Gasteiger partial charge in [0, 0.05) is 17.6 Å². The van der Waals surface area contributed by atoms with Crippen molar-refractivity contribution in [3.8, 4) is 0 Å². The first-order chi connectivity index (χ1) is 12.5. The van der Waals surface area contributed by atoms with Gasteiger partial charge in [0.05, 0.1) is 6.10 Å². The minimum Gasteiger partial charge on any atom is -0.364 e. The molecule has 0 saturated heterocycles. The average molecular weight is 381 g/mol. The lowest BCUT2D eigenvalue weighted by atomic mass is 9.84. The van der Waals surface area contributed by atoms with Crippen molar-refractivity contribution in [2.45, 2.75) is 77.0 Å². The van der Waals surface area contributed by atoms with E-state index in [1.165, 1.54) is 32.1 Å². The summed E-state index contributed by atoms with van der Waals surface area (Å²) < 4.78 is 5.88. The zero-order valence-corrected chi connectivity index (χ0v) is 16.8. The van der Waals surface area contributed by atoms with Gasteiger partial charge in [-0.2, -0.15) is 0 Å². The molecule has 1 aromatic carbocycles. The largest absolute Gasteiger partial charge is 0.364 e. The van der Waals surface area contributed by atoms with Crippen molar-refractivity contribution in [2.24, 2.45) is 11.7 Å². The topological polar surface area (TPSA) is 64.3 Å². The molecule has 26 heavy (non-hydrogen) atoms. The van der Waals surface area contributed by atoms with Crippen molar-refractivity contribution >= 4 is 17.5 Å². The van der Waals surface area contributed by atoms with Crippen LogP contribution in [0, 0.1) is 5.92 Å². The van der Waals surface area contributed by atoms with Crippen LogP contribution in [-0.4, -0.2) is 30.7 Å². The van der Waals surface area contributed by atoms with E-state index in [1.807, 2.05) is 38.1 Å². The number of ether oxygens (including phenoxy) is 1. The molecule has 4 nitrogen and oxygen atoms in total. The van der Waals surface area contributed by atoms with Gasteiger partial charge in [-0.25, -0.2) is 0 Å². The van der Waals surface area contributed by atoms with E-state index < -0.39 is 6.10 Å². The zero-order chi connectivity index (χ0) is 18.9. The van der Waals surface area contributed by atoms with Gasteiger partial charge in [-0.1, -0.05) is 61.9 Å². The Labute approximate surface area is 162 Å². The molecule has 0 radical (unpaired) electrons. The summed E-state index contributed by atoms with van der Waals surface area (Å²) in [6.07, 6.45) is 7.23. The fourth-order valence-corrected chi connectivity index (χ4v) is 3.93. The second-order valence-corrected chi connectivity index (χ2v) is 8.05. The lowest BCUT2D eigenvalue weighted by Gasteiger charge is -2.30. The predicted octanol–water partition coefficient (Wildman–Crippen LogP) is 4.09. The Bertz CT molecular complexity index is 559. The molecule has 3 N–H and O–H groups in total. The quantitative estimate of drug-likeness (QED) is 0.678. The van der Waals surface area contributed by atoms with E-state index >= 15 is 0 Å². The summed E-state index contributed by atoms with van der Waals surface area (Å²) >= 11 is 6.17. The highest BCUT2D eigenvalue weighted by Crippen LogP contribution is 2.28. The number of rotatable bonds is 9. The molecule has 0 heterocycles. The summed E-state index contributed by atoms with van der Waals surface area (Å²) in [5.41, 5.74) is 7.43. The van der Waals surface area contributed by atoms with Gasteiger partial charge in [0.25, 0.3) is 5.91 Å². The maximum atomic E-state index is 12.7. The van der Waals surface area contributed by atoms with Crippen molar-refractivity contribution < 1.29 is 9.53 Å². The molecule has 2 atom stereocenters. The Kier molecular flexibility index (Phi) is 8.89. The van der Waals surface area contributed by atoms with Crippen LogP contribution < -0.4 is 11.1 Å². The van der Waals surface area contributed by atoms with Crippen LogP contribution in [0.5, 0.6) is 0 Å². The van der Waals surface area contributed by atoms with Crippen LogP contribution in [0.3, 0.4) is 0 Å². The van der Waals surface area contributed by atoms with Crippen LogP contribution in [0.1, 0.15) is 57.9 Å². The maximum absolute atomic E-state index is 12.7. The molecule has 1 saturated carbocycles. The summed E-state index contributed by atoms with van der Waals surface area (Å²) in [5, 5.41) is 3.71. The molecule has 0 aliphatic heterocycles. The summed E-state index contributed by atoms with van der Waals surface area (Å²) in [5.74, 6) is 0.502. The zero-order valence-electron chi connectivity index (χ0n) is 16.0.